The summed E-state index contributed by atoms with van der Waals surface area (Å²) in [5.41, 5.74) is 8.03. The molecule has 2 aliphatic rings. The summed E-state index contributed by atoms with van der Waals surface area (Å²) >= 11 is 0. The van der Waals surface area contributed by atoms with E-state index in [1.807, 2.05) is 36.4 Å². The number of hydrogen-bond acceptors (Lipinski definition) is 3. The van der Waals surface area contributed by atoms with Gasteiger partial charge in [0, 0.05) is 19.0 Å². The molecule has 1 aliphatic carbocycles. The molecule has 0 atom stereocenters. The van der Waals surface area contributed by atoms with Gasteiger partial charge in [-0.3, -0.25) is 0 Å². The average Bonchev–Trinajstić information content (AvgIpc) is 3.10. The Morgan fingerprint density at radius 2 is 1.66 bits per heavy atom. The van der Waals surface area contributed by atoms with E-state index in [-0.39, 0.29) is 18.6 Å². The molecule has 3 aromatic rings. The van der Waals surface area contributed by atoms with Gasteiger partial charge in [0.05, 0.1) is 6.61 Å². The molecular formula is C25H23NO3. The predicted molar refractivity (Wildman–Crippen MR) is 112 cm³/mol. The van der Waals surface area contributed by atoms with Crippen LogP contribution >= 0.6 is 0 Å². The van der Waals surface area contributed by atoms with Crippen molar-refractivity contribution in [3.05, 3.63) is 94.5 Å². The normalized spacial score (nSPS) is 14.9. The highest BCUT2D eigenvalue weighted by molar-refractivity contribution is 5.79. The number of amides is 1. The lowest BCUT2D eigenvalue weighted by atomic mass is 9.95. The topological polar surface area (TPSA) is 49.8 Å². The summed E-state index contributed by atoms with van der Waals surface area (Å²) in [6.45, 7) is 1.45. The van der Waals surface area contributed by atoms with E-state index >= 15 is 0 Å². The molecule has 3 aromatic carbocycles. The molecule has 1 amide bonds. The highest BCUT2D eigenvalue weighted by Gasteiger charge is 2.30. The molecule has 0 spiro atoms. The zero-order chi connectivity index (χ0) is 19.8. The first kappa shape index (κ1) is 18.0. The maximum atomic E-state index is 12.8. The number of carbonyl (C=O) groups is 1. The van der Waals surface area contributed by atoms with Gasteiger partial charge < -0.3 is 14.7 Å². The van der Waals surface area contributed by atoms with Gasteiger partial charge >= 0.3 is 6.09 Å². The highest BCUT2D eigenvalue weighted by Crippen LogP contribution is 2.44. The molecule has 146 valence electrons. The average molecular weight is 385 g/mol. The molecule has 29 heavy (non-hydrogen) atoms. The Hall–Kier alpha value is -3.11. The third-order valence-electron chi connectivity index (χ3n) is 6.13. The second kappa shape index (κ2) is 7.37. The van der Waals surface area contributed by atoms with Crippen LogP contribution in [0, 0.1) is 0 Å². The predicted octanol–water partition coefficient (Wildman–Crippen LogP) is 4.49. The van der Waals surface area contributed by atoms with E-state index in [9.17, 15) is 9.90 Å². The first-order valence-electron chi connectivity index (χ1n) is 10.1. The van der Waals surface area contributed by atoms with Gasteiger partial charge in [0.15, 0.2) is 0 Å². The minimum atomic E-state index is -0.287. The van der Waals surface area contributed by atoms with Crippen molar-refractivity contribution >= 4 is 6.09 Å². The molecule has 1 aliphatic heterocycles. The Kier molecular flexibility index (Phi) is 4.57. The first-order chi connectivity index (χ1) is 14.3. The second-order valence-electron chi connectivity index (χ2n) is 7.69. The van der Waals surface area contributed by atoms with Crippen molar-refractivity contribution in [3.8, 4) is 11.1 Å². The number of nitrogens with zero attached hydrogens (tertiary/aromatic N) is 1. The van der Waals surface area contributed by atoms with E-state index in [2.05, 4.69) is 30.3 Å². The number of ether oxygens (including phenoxy) is 1. The van der Waals surface area contributed by atoms with Gasteiger partial charge in [-0.15, -0.1) is 0 Å². The number of hydrogen-bond donors (Lipinski definition) is 1. The Morgan fingerprint density at radius 1 is 0.966 bits per heavy atom. The molecule has 0 bridgehead atoms. The molecule has 0 aromatic heterocycles. The van der Waals surface area contributed by atoms with Crippen LogP contribution in [0.25, 0.3) is 11.1 Å². The van der Waals surface area contributed by atoms with Gasteiger partial charge in [-0.25, -0.2) is 4.79 Å². The van der Waals surface area contributed by atoms with E-state index in [1.54, 1.807) is 4.90 Å². The monoisotopic (exact) mass is 385 g/mol. The van der Waals surface area contributed by atoms with Crippen LogP contribution in [0.1, 0.15) is 33.7 Å². The quantitative estimate of drug-likeness (QED) is 0.723. The summed E-state index contributed by atoms with van der Waals surface area (Å²) in [6, 6.07) is 22.6. The lowest BCUT2D eigenvalue weighted by molar-refractivity contribution is 0.0950. The SMILES string of the molecule is O=C(OCC1c2ccccc2-c2ccccc21)N1CCc2cccc(CO)c2C1. The summed E-state index contributed by atoms with van der Waals surface area (Å²) in [5.74, 6) is 0.0661. The van der Waals surface area contributed by atoms with Crippen molar-refractivity contribution in [2.24, 2.45) is 0 Å². The fourth-order valence-corrected chi connectivity index (χ4v) is 4.64. The third-order valence-corrected chi connectivity index (χ3v) is 6.13. The second-order valence-corrected chi connectivity index (χ2v) is 7.69. The zero-order valence-corrected chi connectivity index (χ0v) is 16.2. The van der Waals surface area contributed by atoms with Crippen LogP contribution < -0.4 is 0 Å². The standard InChI is InChI=1S/C25H23NO3/c27-15-18-7-5-6-17-12-13-26(14-23(17)18)25(28)29-16-24-21-10-3-1-8-19(21)20-9-2-4-11-22(20)24/h1-11,24,27H,12-16H2. The maximum absolute atomic E-state index is 12.8. The molecular weight excluding hydrogens is 362 g/mol. The van der Waals surface area contributed by atoms with Gasteiger partial charge in [0.2, 0.25) is 0 Å². The van der Waals surface area contributed by atoms with Crippen LogP contribution in [0.4, 0.5) is 4.79 Å². The fraction of sp³-hybridized carbons (Fsp3) is 0.240. The van der Waals surface area contributed by atoms with Crippen molar-refractivity contribution in [1.82, 2.24) is 4.90 Å². The number of fused-ring (bicyclic) bond motifs is 4. The number of aliphatic hydroxyl groups excluding tert-OH is 1. The molecule has 0 radical (unpaired) electrons. The lowest BCUT2D eigenvalue weighted by Gasteiger charge is -2.30. The van der Waals surface area contributed by atoms with E-state index in [4.69, 9.17) is 4.74 Å². The van der Waals surface area contributed by atoms with Gasteiger partial charge in [-0.2, -0.15) is 0 Å². The molecule has 0 unspecified atom stereocenters. The van der Waals surface area contributed by atoms with Crippen molar-refractivity contribution < 1.29 is 14.6 Å². The minimum absolute atomic E-state index is 0.0122. The van der Waals surface area contributed by atoms with Crippen LogP contribution in [0.2, 0.25) is 0 Å². The number of benzene rings is 3. The van der Waals surface area contributed by atoms with E-state index in [0.29, 0.717) is 19.7 Å². The summed E-state index contributed by atoms with van der Waals surface area (Å²) in [6.07, 6.45) is 0.498. The van der Waals surface area contributed by atoms with Crippen molar-refractivity contribution in [2.75, 3.05) is 13.2 Å². The number of rotatable bonds is 3. The van der Waals surface area contributed by atoms with Crippen molar-refractivity contribution in [3.63, 3.8) is 0 Å². The van der Waals surface area contributed by atoms with E-state index in [0.717, 1.165) is 17.5 Å². The Balaban J connectivity index is 1.33. The molecule has 4 heteroatoms. The van der Waals surface area contributed by atoms with E-state index < -0.39 is 0 Å². The minimum Gasteiger partial charge on any atom is -0.448 e. The first-order valence-corrected chi connectivity index (χ1v) is 10.1. The Bertz CT molecular complexity index is 1020. The van der Waals surface area contributed by atoms with Gasteiger partial charge in [0.1, 0.15) is 6.61 Å². The van der Waals surface area contributed by atoms with Crippen molar-refractivity contribution in [1.29, 1.82) is 0 Å². The Morgan fingerprint density at radius 3 is 2.34 bits per heavy atom. The highest BCUT2D eigenvalue weighted by atomic mass is 16.6. The van der Waals surface area contributed by atoms with Crippen LogP contribution in [0.5, 0.6) is 0 Å². The molecule has 1 N–H and O–H groups in total. The van der Waals surface area contributed by atoms with Crippen LogP contribution in [0.15, 0.2) is 66.7 Å². The number of aliphatic hydroxyl groups is 1. The summed E-state index contributed by atoms with van der Waals surface area (Å²) < 4.78 is 5.79. The summed E-state index contributed by atoms with van der Waals surface area (Å²) in [5, 5.41) is 9.62. The summed E-state index contributed by atoms with van der Waals surface area (Å²) in [7, 11) is 0. The largest absolute Gasteiger partial charge is 0.448 e. The maximum Gasteiger partial charge on any atom is 0.410 e. The molecule has 0 saturated heterocycles. The van der Waals surface area contributed by atoms with Gasteiger partial charge in [-0.1, -0.05) is 66.7 Å². The van der Waals surface area contributed by atoms with Gasteiger partial charge in [0.25, 0.3) is 0 Å². The van der Waals surface area contributed by atoms with Crippen molar-refractivity contribution in [2.45, 2.75) is 25.5 Å². The van der Waals surface area contributed by atoms with Crippen LogP contribution in [0.3, 0.4) is 0 Å². The molecule has 4 nitrogen and oxygen atoms in total. The smallest absolute Gasteiger partial charge is 0.410 e. The number of carbonyl (C=O) groups excluding carboxylic acids is 1. The molecule has 0 fully saturated rings. The molecule has 1 heterocycles. The summed E-state index contributed by atoms with van der Waals surface area (Å²) in [4.78, 5) is 14.6. The zero-order valence-electron chi connectivity index (χ0n) is 16.2. The third kappa shape index (κ3) is 3.10. The molecule has 5 rings (SSSR count). The Labute approximate surface area is 170 Å². The van der Waals surface area contributed by atoms with Gasteiger partial charge in [-0.05, 0) is 45.4 Å². The van der Waals surface area contributed by atoms with E-state index in [1.165, 1.54) is 27.8 Å². The van der Waals surface area contributed by atoms with Crippen LogP contribution in [-0.2, 0) is 24.3 Å². The fourth-order valence-electron chi connectivity index (χ4n) is 4.64. The van der Waals surface area contributed by atoms with Crippen LogP contribution in [-0.4, -0.2) is 29.3 Å². The molecule has 0 saturated carbocycles. The lowest BCUT2D eigenvalue weighted by Crippen LogP contribution is -2.37.